The summed E-state index contributed by atoms with van der Waals surface area (Å²) in [6.07, 6.45) is 1.55. The van der Waals surface area contributed by atoms with Crippen molar-refractivity contribution in [1.82, 2.24) is 0 Å². The largest absolute Gasteiger partial charge is 0.506 e. The molecule has 4 heteroatoms. The molecule has 2 nitrogen and oxygen atoms in total. The molecule has 0 fully saturated rings. The van der Waals surface area contributed by atoms with Crippen molar-refractivity contribution in [3.05, 3.63) is 41.4 Å². The van der Waals surface area contributed by atoms with E-state index < -0.39 is 0 Å². The van der Waals surface area contributed by atoms with Crippen molar-refractivity contribution in [1.29, 1.82) is 0 Å². The van der Waals surface area contributed by atoms with Gasteiger partial charge in [0.15, 0.2) is 0 Å². The number of rotatable bonds is 2. The second-order valence-corrected chi connectivity index (χ2v) is 2.85. The molecular formula is C9H11Cl2NO. The highest BCUT2D eigenvalue weighted by atomic mass is 35.5. The zero-order valence-electron chi connectivity index (χ0n) is 6.90. The Bertz CT molecular complexity index is 302. The molecule has 0 bridgehead atoms. The minimum absolute atomic E-state index is 0. The van der Waals surface area contributed by atoms with E-state index in [1.165, 1.54) is 0 Å². The first-order valence-electron chi connectivity index (χ1n) is 3.52. The summed E-state index contributed by atoms with van der Waals surface area (Å²) in [7, 11) is 0. The molecule has 1 aromatic carbocycles. The SMILES string of the molecule is C=C[C@H](N)c1cccc(Cl)c1O.Cl. The Morgan fingerprint density at radius 1 is 1.54 bits per heavy atom. The van der Waals surface area contributed by atoms with Gasteiger partial charge in [-0.2, -0.15) is 0 Å². The highest BCUT2D eigenvalue weighted by Crippen LogP contribution is 2.30. The molecule has 1 rings (SSSR count). The maximum absolute atomic E-state index is 9.44. The molecule has 1 atom stereocenters. The molecule has 3 N–H and O–H groups in total. The number of aromatic hydroxyl groups is 1. The number of hydrogen-bond acceptors (Lipinski definition) is 2. The lowest BCUT2D eigenvalue weighted by Gasteiger charge is -2.09. The van der Waals surface area contributed by atoms with Crippen molar-refractivity contribution in [3.63, 3.8) is 0 Å². The van der Waals surface area contributed by atoms with E-state index in [2.05, 4.69) is 6.58 Å². The number of nitrogens with two attached hydrogens (primary N) is 1. The average molecular weight is 220 g/mol. The van der Waals surface area contributed by atoms with Gasteiger partial charge in [0.05, 0.1) is 11.1 Å². The number of benzene rings is 1. The molecule has 72 valence electrons. The Morgan fingerprint density at radius 3 is 2.69 bits per heavy atom. The lowest BCUT2D eigenvalue weighted by atomic mass is 10.1. The molecule has 13 heavy (non-hydrogen) atoms. The standard InChI is InChI=1S/C9H10ClNO.ClH/c1-2-8(11)6-4-3-5-7(10)9(6)12;/h2-5,8,12H,1,11H2;1H/t8-;/m0./s1. The van der Waals surface area contributed by atoms with Gasteiger partial charge in [-0.25, -0.2) is 0 Å². The van der Waals surface area contributed by atoms with E-state index in [4.69, 9.17) is 17.3 Å². The summed E-state index contributed by atoms with van der Waals surface area (Å²) in [4.78, 5) is 0. The van der Waals surface area contributed by atoms with Crippen LogP contribution in [0.5, 0.6) is 5.75 Å². The third-order valence-electron chi connectivity index (χ3n) is 1.63. The van der Waals surface area contributed by atoms with Crippen molar-refractivity contribution < 1.29 is 5.11 Å². The predicted molar refractivity (Wildman–Crippen MR) is 57.5 cm³/mol. The second-order valence-electron chi connectivity index (χ2n) is 2.44. The Labute approximate surface area is 88.4 Å². The second kappa shape index (κ2) is 5.12. The Hall–Kier alpha value is -0.700. The van der Waals surface area contributed by atoms with Crippen molar-refractivity contribution in [3.8, 4) is 5.75 Å². The third kappa shape index (κ3) is 2.62. The lowest BCUT2D eigenvalue weighted by molar-refractivity contribution is 0.466. The van der Waals surface area contributed by atoms with Crippen molar-refractivity contribution in [2.75, 3.05) is 0 Å². The number of halogens is 2. The minimum atomic E-state index is -0.372. The highest BCUT2D eigenvalue weighted by molar-refractivity contribution is 6.32. The van der Waals surface area contributed by atoms with Gasteiger partial charge < -0.3 is 10.8 Å². The summed E-state index contributed by atoms with van der Waals surface area (Å²) >= 11 is 5.68. The van der Waals surface area contributed by atoms with Crippen LogP contribution in [0.3, 0.4) is 0 Å². The van der Waals surface area contributed by atoms with Gasteiger partial charge in [0.25, 0.3) is 0 Å². The average Bonchev–Trinajstić information content (AvgIpc) is 2.08. The maximum Gasteiger partial charge on any atom is 0.139 e. The minimum Gasteiger partial charge on any atom is -0.506 e. The monoisotopic (exact) mass is 219 g/mol. The third-order valence-corrected chi connectivity index (χ3v) is 1.94. The number of hydrogen-bond donors (Lipinski definition) is 2. The summed E-state index contributed by atoms with van der Waals surface area (Å²) in [5.74, 6) is 0.0339. The number of para-hydroxylation sites is 1. The zero-order valence-corrected chi connectivity index (χ0v) is 8.48. The highest BCUT2D eigenvalue weighted by Gasteiger charge is 2.09. The fourth-order valence-corrected chi connectivity index (χ4v) is 1.11. The first-order valence-corrected chi connectivity index (χ1v) is 3.90. The molecular weight excluding hydrogens is 209 g/mol. The molecule has 0 saturated heterocycles. The molecule has 0 heterocycles. The van der Waals surface area contributed by atoms with Crippen LogP contribution in [-0.2, 0) is 0 Å². The van der Waals surface area contributed by atoms with E-state index >= 15 is 0 Å². The number of phenols is 1. The fourth-order valence-electron chi connectivity index (χ4n) is 0.928. The Kier molecular flexibility index (Phi) is 4.85. The van der Waals surface area contributed by atoms with Crippen LogP contribution in [0.2, 0.25) is 5.02 Å². The fraction of sp³-hybridized carbons (Fsp3) is 0.111. The summed E-state index contributed by atoms with van der Waals surface area (Å²) in [5.41, 5.74) is 6.22. The summed E-state index contributed by atoms with van der Waals surface area (Å²) in [6.45, 7) is 3.53. The lowest BCUT2D eigenvalue weighted by Crippen LogP contribution is -2.06. The molecule has 0 aliphatic carbocycles. The van der Waals surface area contributed by atoms with Crippen molar-refractivity contribution >= 4 is 24.0 Å². The van der Waals surface area contributed by atoms with Gasteiger partial charge >= 0.3 is 0 Å². The van der Waals surface area contributed by atoms with Gasteiger partial charge in [-0.3, -0.25) is 0 Å². The molecule has 0 aliphatic rings. The zero-order chi connectivity index (χ0) is 9.14. The van der Waals surface area contributed by atoms with Crippen LogP contribution >= 0.6 is 24.0 Å². The summed E-state index contributed by atoms with van der Waals surface area (Å²) < 4.78 is 0. The van der Waals surface area contributed by atoms with E-state index in [1.54, 1.807) is 24.3 Å². The first-order chi connectivity index (χ1) is 5.66. The molecule has 0 spiro atoms. The van der Waals surface area contributed by atoms with Crippen LogP contribution in [0.1, 0.15) is 11.6 Å². The van der Waals surface area contributed by atoms with Crippen LogP contribution in [-0.4, -0.2) is 5.11 Å². The van der Waals surface area contributed by atoms with E-state index in [0.29, 0.717) is 10.6 Å². The Morgan fingerprint density at radius 2 is 2.15 bits per heavy atom. The first kappa shape index (κ1) is 12.3. The topological polar surface area (TPSA) is 46.2 Å². The molecule has 0 saturated carbocycles. The van der Waals surface area contributed by atoms with Gasteiger partial charge in [0.1, 0.15) is 5.75 Å². The predicted octanol–water partition coefficient (Wildman–Crippen LogP) is 2.65. The van der Waals surface area contributed by atoms with Gasteiger partial charge in [0, 0.05) is 5.56 Å². The van der Waals surface area contributed by atoms with Crippen LogP contribution in [0.25, 0.3) is 0 Å². The van der Waals surface area contributed by atoms with Gasteiger partial charge in [-0.15, -0.1) is 19.0 Å². The summed E-state index contributed by atoms with van der Waals surface area (Å²) in [6, 6.07) is 4.69. The van der Waals surface area contributed by atoms with E-state index in [1.807, 2.05) is 0 Å². The Balaban J connectivity index is 0.00000144. The van der Waals surface area contributed by atoms with E-state index in [9.17, 15) is 5.11 Å². The van der Waals surface area contributed by atoms with Gasteiger partial charge in [-0.05, 0) is 6.07 Å². The molecule has 0 unspecified atom stereocenters. The molecule has 1 aromatic rings. The van der Waals surface area contributed by atoms with Crippen LogP contribution in [0.4, 0.5) is 0 Å². The molecule has 0 radical (unpaired) electrons. The maximum atomic E-state index is 9.44. The van der Waals surface area contributed by atoms with E-state index in [-0.39, 0.29) is 24.2 Å². The van der Waals surface area contributed by atoms with Crippen molar-refractivity contribution in [2.45, 2.75) is 6.04 Å². The van der Waals surface area contributed by atoms with E-state index in [0.717, 1.165) is 0 Å². The smallest absolute Gasteiger partial charge is 0.139 e. The normalized spacial score (nSPS) is 11.5. The molecule has 0 aliphatic heterocycles. The van der Waals surface area contributed by atoms with Crippen LogP contribution in [0, 0.1) is 0 Å². The summed E-state index contributed by atoms with van der Waals surface area (Å²) in [5, 5.41) is 9.75. The van der Waals surface area contributed by atoms with Gasteiger partial charge in [0.2, 0.25) is 0 Å². The van der Waals surface area contributed by atoms with Crippen LogP contribution in [0.15, 0.2) is 30.9 Å². The quantitative estimate of drug-likeness (QED) is 0.752. The molecule has 0 amide bonds. The number of phenolic OH excluding ortho intramolecular Hbond substituents is 1. The van der Waals surface area contributed by atoms with Crippen molar-refractivity contribution in [2.24, 2.45) is 5.73 Å². The van der Waals surface area contributed by atoms with Gasteiger partial charge in [-0.1, -0.05) is 29.8 Å². The van der Waals surface area contributed by atoms with Crippen LogP contribution < -0.4 is 5.73 Å². The molecule has 0 aromatic heterocycles.